The first-order valence-electron chi connectivity index (χ1n) is 18.2. The van der Waals surface area contributed by atoms with Crippen molar-refractivity contribution in [3.8, 4) is 0 Å². The Morgan fingerprint density at radius 2 is 1.47 bits per heavy atom. The average molecular weight is 815 g/mol. The normalized spacial score (nSPS) is 15.8. The van der Waals surface area contributed by atoms with Gasteiger partial charge < -0.3 is 53.4 Å². The number of benzene rings is 2. The fourth-order valence-corrected chi connectivity index (χ4v) is 6.85. The van der Waals surface area contributed by atoms with Gasteiger partial charge in [-0.1, -0.05) is 0 Å². The van der Waals surface area contributed by atoms with Crippen LogP contribution in [-0.4, -0.2) is 102 Å². The van der Waals surface area contributed by atoms with E-state index in [-0.39, 0.29) is 35.4 Å². The lowest BCUT2D eigenvalue weighted by atomic mass is 10.1. The number of halogens is 2. The summed E-state index contributed by atoms with van der Waals surface area (Å²) in [6, 6.07) is 13.4. The predicted octanol–water partition coefficient (Wildman–Crippen LogP) is 2.20. The van der Waals surface area contributed by atoms with Crippen molar-refractivity contribution in [3.05, 3.63) is 70.0 Å². The molecule has 0 aliphatic carbocycles. The van der Waals surface area contributed by atoms with Crippen LogP contribution in [0.2, 0.25) is 0 Å². The third-order valence-corrected chi connectivity index (χ3v) is 9.87. The summed E-state index contributed by atoms with van der Waals surface area (Å²) >= 11 is 0. The number of pyridine rings is 1. The zero-order chi connectivity index (χ0) is 34.9. The van der Waals surface area contributed by atoms with Gasteiger partial charge in [-0.05, 0) is 70.1 Å². The average Bonchev–Trinajstić information content (AvgIpc) is 3.14. The van der Waals surface area contributed by atoms with Gasteiger partial charge >= 0.3 is 5.63 Å². The minimum Gasteiger partial charge on any atom is -1.00 e. The third-order valence-electron chi connectivity index (χ3n) is 9.87. The van der Waals surface area contributed by atoms with Crippen molar-refractivity contribution in [1.29, 1.82) is 0 Å². The number of nitrogens with zero attached hydrogens (tertiary/aromatic N) is 4. The summed E-state index contributed by atoms with van der Waals surface area (Å²) in [6.45, 7) is 16.2. The molecule has 2 aliphatic heterocycles. The summed E-state index contributed by atoms with van der Waals surface area (Å²) < 4.78 is 34.4. The summed E-state index contributed by atoms with van der Waals surface area (Å²) in [6.07, 6.45) is 5.60. The highest BCUT2D eigenvalue weighted by Gasteiger charge is 2.19. The van der Waals surface area contributed by atoms with Crippen LogP contribution in [0.25, 0.3) is 34.0 Å². The van der Waals surface area contributed by atoms with Gasteiger partial charge in [-0.25, -0.2) is 9.18 Å². The quantitative estimate of drug-likeness (QED) is 0.0813. The van der Waals surface area contributed by atoms with Crippen molar-refractivity contribution in [2.24, 2.45) is 7.05 Å². The van der Waals surface area contributed by atoms with Crippen LogP contribution in [0.4, 0.5) is 21.5 Å². The van der Waals surface area contributed by atoms with Gasteiger partial charge in [0.05, 0.1) is 48.8 Å². The van der Waals surface area contributed by atoms with Gasteiger partial charge in [0.25, 0.3) is 0 Å². The highest BCUT2D eigenvalue weighted by atomic mass is 127. The molecule has 2 aliphatic rings. The second kappa shape index (κ2) is 19.0. The lowest BCUT2D eigenvalue weighted by molar-refractivity contribution is -0.646. The molecule has 0 saturated carbocycles. The lowest BCUT2D eigenvalue weighted by Gasteiger charge is -2.26. The zero-order valence-corrected chi connectivity index (χ0v) is 32.3. The summed E-state index contributed by atoms with van der Waals surface area (Å²) in [7, 11) is 1.97. The monoisotopic (exact) mass is 814 g/mol. The molecule has 4 heterocycles. The number of morpholine rings is 2. The van der Waals surface area contributed by atoms with Gasteiger partial charge in [-0.3, -0.25) is 9.80 Å². The van der Waals surface area contributed by atoms with Gasteiger partial charge in [-0.15, -0.1) is 0 Å². The van der Waals surface area contributed by atoms with E-state index in [9.17, 15) is 4.79 Å². The molecule has 2 aromatic carbocycles. The number of fused-ring (bicyclic) bond motifs is 2. The fraction of sp³-hybridized carbons (Fsp3) is 0.487. The predicted molar refractivity (Wildman–Crippen MR) is 201 cm³/mol. The van der Waals surface area contributed by atoms with Crippen LogP contribution in [0, 0.1) is 5.82 Å². The van der Waals surface area contributed by atoms with Gasteiger partial charge in [0.1, 0.15) is 18.4 Å². The Labute approximate surface area is 317 Å². The van der Waals surface area contributed by atoms with E-state index in [2.05, 4.69) is 45.2 Å². The highest BCUT2D eigenvalue weighted by molar-refractivity contribution is 5.92. The van der Waals surface area contributed by atoms with Crippen molar-refractivity contribution in [3.63, 3.8) is 0 Å². The van der Waals surface area contributed by atoms with Gasteiger partial charge in [-0.2, -0.15) is 4.57 Å². The molecule has 0 atom stereocenters. The minimum atomic E-state index is -0.388. The van der Waals surface area contributed by atoms with E-state index < -0.39 is 0 Å². The Morgan fingerprint density at radius 1 is 0.843 bits per heavy atom. The summed E-state index contributed by atoms with van der Waals surface area (Å²) in [5, 5.41) is 8.61. The summed E-state index contributed by atoms with van der Waals surface area (Å²) in [5.74, 6) is -0.276. The number of aromatic nitrogens is 1. The van der Waals surface area contributed by atoms with E-state index in [1.807, 2.05) is 48.0 Å². The summed E-state index contributed by atoms with van der Waals surface area (Å²) in [4.78, 5) is 20.2. The Kier molecular flexibility index (Phi) is 14.5. The number of rotatable bonds is 15. The lowest BCUT2D eigenvalue weighted by Crippen LogP contribution is -3.00. The highest BCUT2D eigenvalue weighted by Crippen LogP contribution is 2.29. The van der Waals surface area contributed by atoms with E-state index in [4.69, 9.17) is 13.9 Å². The first-order valence-corrected chi connectivity index (χ1v) is 18.2. The minimum absolute atomic E-state index is 0. The maximum absolute atomic E-state index is 15.6. The largest absolute Gasteiger partial charge is 1.00 e. The molecule has 12 heteroatoms. The molecule has 276 valence electrons. The smallest absolute Gasteiger partial charge is 0.343 e. The first kappa shape index (κ1) is 38.9. The van der Waals surface area contributed by atoms with E-state index in [1.165, 1.54) is 0 Å². The maximum Gasteiger partial charge on any atom is 0.343 e. The number of hydrogen-bond acceptors (Lipinski definition) is 9. The molecule has 10 nitrogen and oxygen atoms in total. The fourth-order valence-electron chi connectivity index (χ4n) is 6.85. The molecule has 0 radical (unpaired) electrons. The van der Waals surface area contributed by atoms with Crippen molar-refractivity contribution in [1.82, 2.24) is 9.80 Å². The van der Waals surface area contributed by atoms with Gasteiger partial charge in [0, 0.05) is 87.7 Å². The third kappa shape index (κ3) is 9.98. The molecule has 6 rings (SSSR count). The molecule has 0 spiro atoms. The molecule has 0 amide bonds. The molecule has 2 saturated heterocycles. The molecular formula is C39H52FIN6O4. The van der Waals surface area contributed by atoms with E-state index in [0.29, 0.717) is 23.4 Å². The zero-order valence-electron chi connectivity index (χ0n) is 30.2. The standard InChI is InChI=1S/C39H51FN6O4.HI/c1-4-46(5-2)32-11-8-29-24-30(39(47)50-38(29)26-32)9-10-31-25-35(41-12-6-14-44-16-20-48-21-17-44)33-27-34(40)36(28-37(33)43(31)3)42-13-7-15-45-18-22-49-23-19-45;/h8-11,24-28H,4-7,12-23H2,1-3H3,(H,41,42);1H/b10-9+;. The Balaban J connectivity index is 0.00000504. The number of ether oxygens (including phenoxy) is 2. The summed E-state index contributed by atoms with van der Waals surface area (Å²) in [5.41, 5.74) is 4.77. The SMILES string of the molecule is CCN(CC)c1ccc2cc(/C=C/c3cc(NCCCN4CCOCC4)c4cc(F)c(NCCCN5CCOCC5)cc4[n+]3C)c(=O)oc2c1.[I-]. The molecule has 2 fully saturated rings. The molecule has 4 aromatic rings. The van der Waals surface area contributed by atoms with E-state index >= 15 is 4.39 Å². The molecule has 2 aromatic heterocycles. The second-order valence-corrected chi connectivity index (χ2v) is 13.1. The van der Waals surface area contributed by atoms with Gasteiger partial charge in [0.15, 0.2) is 0 Å². The van der Waals surface area contributed by atoms with Crippen LogP contribution in [0.5, 0.6) is 0 Å². The molecule has 0 bridgehead atoms. The van der Waals surface area contributed by atoms with E-state index in [1.54, 1.807) is 12.1 Å². The van der Waals surface area contributed by atoms with Crippen molar-refractivity contribution >= 4 is 51.1 Å². The molecular weight excluding hydrogens is 762 g/mol. The number of anilines is 3. The maximum atomic E-state index is 15.6. The van der Waals surface area contributed by atoms with Crippen LogP contribution in [-0.2, 0) is 16.5 Å². The second-order valence-electron chi connectivity index (χ2n) is 13.1. The molecule has 51 heavy (non-hydrogen) atoms. The Bertz CT molecular complexity index is 1840. The van der Waals surface area contributed by atoms with Crippen molar-refractivity contribution in [2.45, 2.75) is 26.7 Å². The van der Waals surface area contributed by atoms with Gasteiger partial charge in [0.2, 0.25) is 11.2 Å². The first-order chi connectivity index (χ1) is 24.4. The van der Waals surface area contributed by atoms with Crippen LogP contribution < -0.4 is 49.7 Å². The van der Waals surface area contributed by atoms with E-state index in [0.717, 1.165) is 132 Å². The van der Waals surface area contributed by atoms with Crippen molar-refractivity contribution < 1.29 is 46.8 Å². The van der Waals surface area contributed by atoms with Crippen LogP contribution in [0.1, 0.15) is 37.9 Å². The Morgan fingerprint density at radius 3 is 2.10 bits per heavy atom. The molecule has 2 N–H and O–H groups in total. The molecule has 0 unspecified atom stereocenters. The van der Waals surface area contributed by atoms with Crippen molar-refractivity contribution in [2.75, 3.05) is 107 Å². The van der Waals surface area contributed by atoms with Crippen LogP contribution in [0.15, 0.2) is 51.7 Å². The number of aryl methyl sites for hydroxylation is 1. The topological polar surface area (TPSA) is 86.3 Å². The number of hydrogen-bond donors (Lipinski definition) is 2. The number of nitrogens with one attached hydrogen (secondary N) is 2. The van der Waals surface area contributed by atoms with Crippen LogP contribution >= 0.6 is 0 Å². The van der Waals surface area contributed by atoms with Crippen LogP contribution in [0.3, 0.4) is 0 Å². The Hall–Kier alpha value is -3.30.